The maximum absolute atomic E-state index is 13.3. The number of hydrogen-bond donors (Lipinski definition) is 0. The summed E-state index contributed by atoms with van der Waals surface area (Å²) >= 11 is 0. The largest absolute Gasteiger partial charge is 0.334 e. The predicted molar refractivity (Wildman–Crippen MR) is 85.2 cm³/mol. The van der Waals surface area contributed by atoms with Crippen LogP contribution in [0.1, 0.15) is 37.7 Å². The van der Waals surface area contributed by atoms with Gasteiger partial charge in [0.05, 0.1) is 0 Å². The van der Waals surface area contributed by atoms with Crippen molar-refractivity contribution in [2.24, 2.45) is 0 Å². The molecule has 2 fully saturated rings. The first-order valence-corrected chi connectivity index (χ1v) is 8.46. The second-order valence-corrected chi connectivity index (χ2v) is 6.72. The van der Waals surface area contributed by atoms with Crippen molar-refractivity contribution in [2.75, 3.05) is 26.3 Å². The second-order valence-electron chi connectivity index (χ2n) is 6.72. The molecule has 2 aliphatic heterocycles. The summed E-state index contributed by atoms with van der Waals surface area (Å²) in [6, 6.07) is 6.72. The molecule has 0 N–H and O–H groups in total. The smallest absolute Gasteiger partial charge is 0.223 e. The number of rotatable bonds is 4. The number of benzene rings is 1. The third-order valence-electron chi connectivity index (χ3n) is 5.29. The minimum Gasteiger partial charge on any atom is -0.334 e. The maximum atomic E-state index is 13.3. The average molecular weight is 322 g/mol. The van der Waals surface area contributed by atoms with E-state index in [2.05, 4.69) is 4.90 Å². The lowest BCUT2D eigenvalue weighted by Gasteiger charge is -2.37. The van der Waals surface area contributed by atoms with E-state index < -0.39 is 6.67 Å². The molecule has 2 aliphatic rings. The van der Waals surface area contributed by atoms with E-state index >= 15 is 0 Å². The number of carbonyl (C=O) groups is 1. The molecular formula is C18H24F2N2O. The molecule has 1 amide bonds. The molecule has 5 heteroatoms. The molecule has 3 rings (SSSR count). The van der Waals surface area contributed by atoms with Gasteiger partial charge in [-0.1, -0.05) is 12.1 Å². The Morgan fingerprint density at radius 3 is 2.83 bits per heavy atom. The fourth-order valence-electron chi connectivity index (χ4n) is 4.13. The monoisotopic (exact) mass is 322 g/mol. The third kappa shape index (κ3) is 3.55. The molecule has 0 unspecified atom stereocenters. The Balaban J connectivity index is 1.66. The Hall–Kier alpha value is -1.49. The van der Waals surface area contributed by atoms with Gasteiger partial charge >= 0.3 is 0 Å². The van der Waals surface area contributed by atoms with Crippen molar-refractivity contribution in [3.8, 4) is 0 Å². The van der Waals surface area contributed by atoms with Gasteiger partial charge in [0.15, 0.2) is 0 Å². The zero-order valence-electron chi connectivity index (χ0n) is 13.4. The maximum Gasteiger partial charge on any atom is 0.223 e. The standard InChI is InChI=1S/C18H24F2N2O/c19-9-12-22-17(23)5-7-18(22)6-2-10-21(11-8-18)14-15-3-1-4-16(20)13-15/h1,3-4,13H,2,5-12,14H2/t18-/m1/s1. The molecule has 0 aromatic heterocycles. The van der Waals surface area contributed by atoms with Gasteiger partial charge in [0.1, 0.15) is 12.5 Å². The van der Waals surface area contributed by atoms with Gasteiger partial charge < -0.3 is 4.90 Å². The highest BCUT2D eigenvalue weighted by Crippen LogP contribution is 2.39. The number of likely N-dealkylation sites (tertiary alicyclic amines) is 2. The Labute approximate surface area is 136 Å². The Bertz CT molecular complexity index is 566. The highest BCUT2D eigenvalue weighted by Gasteiger charge is 2.45. The van der Waals surface area contributed by atoms with E-state index in [0.29, 0.717) is 6.42 Å². The summed E-state index contributed by atoms with van der Waals surface area (Å²) in [6.07, 6.45) is 4.21. The minimum absolute atomic E-state index is 0.0984. The SMILES string of the molecule is O=C1CC[C@@]2(CCCN(Cc3cccc(F)c3)CC2)N1CCF. The summed E-state index contributed by atoms with van der Waals surface area (Å²) in [6.45, 7) is 2.29. The molecule has 0 radical (unpaired) electrons. The Morgan fingerprint density at radius 1 is 1.17 bits per heavy atom. The van der Waals surface area contributed by atoms with E-state index in [-0.39, 0.29) is 23.8 Å². The zero-order chi connectivity index (χ0) is 16.3. The van der Waals surface area contributed by atoms with Crippen LogP contribution in [0.4, 0.5) is 8.78 Å². The van der Waals surface area contributed by atoms with Crippen LogP contribution in [0.5, 0.6) is 0 Å². The van der Waals surface area contributed by atoms with Gasteiger partial charge in [-0.3, -0.25) is 9.69 Å². The highest BCUT2D eigenvalue weighted by molar-refractivity contribution is 5.79. The summed E-state index contributed by atoms with van der Waals surface area (Å²) in [4.78, 5) is 16.2. The van der Waals surface area contributed by atoms with Crippen LogP contribution in [0, 0.1) is 5.82 Å². The predicted octanol–water partition coefficient (Wildman–Crippen LogP) is 3.14. The first-order chi connectivity index (χ1) is 11.1. The molecule has 2 saturated heterocycles. The molecule has 2 heterocycles. The van der Waals surface area contributed by atoms with Crippen molar-refractivity contribution in [3.63, 3.8) is 0 Å². The molecule has 1 spiro atoms. The van der Waals surface area contributed by atoms with Gasteiger partial charge in [0.2, 0.25) is 5.91 Å². The topological polar surface area (TPSA) is 23.6 Å². The van der Waals surface area contributed by atoms with Crippen LogP contribution in [-0.4, -0.2) is 47.6 Å². The number of nitrogens with zero attached hydrogens (tertiary/aromatic N) is 2. The number of alkyl halides is 1. The summed E-state index contributed by atoms with van der Waals surface area (Å²) in [7, 11) is 0. The summed E-state index contributed by atoms with van der Waals surface area (Å²) in [5.41, 5.74) is 0.823. The van der Waals surface area contributed by atoms with E-state index in [1.165, 1.54) is 6.07 Å². The zero-order valence-corrected chi connectivity index (χ0v) is 13.4. The third-order valence-corrected chi connectivity index (χ3v) is 5.29. The average Bonchev–Trinajstić information content (AvgIpc) is 2.71. The molecule has 23 heavy (non-hydrogen) atoms. The lowest BCUT2D eigenvalue weighted by molar-refractivity contribution is -0.131. The van der Waals surface area contributed by atoms with E-state index in [1.54, 1.807) is 17.0 Å². The van der Waals surface area contributed by atoms with Crippen molar-refractivity contribution in [2.45, 2.75) is 44.2 Å². The number of carbonyl (C=O) groups excluding carboxylic acids is 1. The van der Waals surface area contributed by atoms with Crippen LogP contribution in [0.25, 0.3) is 0 Å². The van der Waals surface area contributed by atoms with Gasteiger partial charge in [0, 0.05) is 31.6 Å². The van der Waals surface area contributed by atoms with Crippen molar-refractivity contribution < 1.29 is 13.6 Å². The molecule has 3 nitrogen and oxygen atoms in total. The summed E-state index contributed by atoms with van der Waals surface area (Å²) < 4.78 is 26.1. The van der Waals surface area contributed by atoms with Crippen molar-refractivity contribution in [1.29, 1.82) is 0 Å². The lowest BCUT2D eigenvalue weighted by Crippen LogP contribution is -2.47. The molecule has 1 aromatic carbocycles. The number of amides is 1. The molecule has 1 atom stereocenters. The Morgan fingerprint density at radius 2 is 2.04 bits per heavy atom. The lowest BCUT2D eigenvalue weighted by atomic mass is 9.88. The van der Waals surface area contributed by atoms with Crippen LogP contribution >= 0.6 is 0 Å². The van der Waals surface area contributed by atoms with E-state index in [1.807, 2.05) is 6.07 Å². The van der Waals surface area contributed by atoms with Crippen molar-refractivity contribution in [3.05, 3.63) is 35.6 Å². The molecule has 0 bridgehead atoms. The fourth-order valence-corrected chi connectivity index (χ4v) is 4.13. The van der Waals surface area contributed by atoms with Gasteiger partial charge in [-0.25, -0.2) is 8.78 Å². The van der Waals surface area contributed by atoms with Crippen LogP contribution in [0.15, 0.2) is 24.3 Å². The van der Waals surface area contributed by atoms with Crippen molar-refractivity contribution >= 4 is 5.91 Å². The molecule has 0 aliphatic carbocycles. The van der Waals surface area contributed by atoms with Crippen LogP contribution in [0.3, 0.4) is 0 Å². The summed E-state index contributed by atoms with van der Waals surface area (Å²) in [5, 5.41) is 0. The molecule has 0 saturated carbocycles. The van der Waals surface area contributed by atoms with Gasteiger partial charge in [-0.15, -0.1) is 0 Å². The summed E-state index contributed by atoms with van der Waals surface area (Å²) in [5.74, 6) is -0.106. The van der Waals surface area contributed by atoms with Crippen molar-refractivity contribution in [1.82, 2.24) is 9.80 Å². The molecule has 126 valence electrons. The second kappa shape index (κ2) is 6.95. The number of hydrogen-bond acceptors (Lipinski definition) is 2. The molecule has 1 aromatic rings. The first kappa shape index (κ1) is 16.4. The molecular weight excluding hydrogens is 298 g/mol. The Kier molecular flexibility index (Phi) is 4.95. The quantitative estimate of drug-likeness (QED) is 0.850. The van der Waals surface area contributed by atoms with Gasteiger partial charge in [-0.05, 0) is 49.9 Å². The van der Waals surface area contributed by atoms with E-state index in [0.717, 1.165) is 50.9 Å². The van der Waals surface area contributed by atoms with Crippen LogP contribution < -0.4 is 0 Å². The number of halogens is 2. The van der Waals surface area contributed by atoms with Gasteiger partial charge in [0.25, 0.3) is 0 Å². The fraction of sp³-hybridized carbons (Fsp3) is 0.611. The first-order valence-electron chi connectivity index (χ1n) is 8.46. The normalized spacial score (nSPS) is 26.0. The van der Waals surface area contributed by atoms with Crippen LogP contribution in [-0.2, 0) is 11.3 Å². The van der Waals surface area contributed by atoms with Gasteiger partial charge in [-0.2, -0.15) is 0 Å². The highest BCUT2D eigenvalue weighted by atomic mass is 19.1. The minimum atomic E-state index is -0.472. The van der Waals surface area contributed by atoms with E-state index in [9.17, 15) is 13.6 Å². The van der Waals surface area contributed by atoms with Crippen LogP contribution in [0.2, 0.25) is 0 Å². The van der Waals surface area contributed by atoms with E-state index in [4.69, 9.17) is 0 Å².